The third-order valence-corrected chi connectivity index (χ3v) is 3.15. The topological polar surface area (TPSA) is 83.7 Å². The van der Waals surface area contributed by atoms with Gasteiger partial charge in [0.2, 0.25) is 5.88 Å². The second-order valence-electron chi connectivity index (χ2n) is 4.32. The second kappa shape index (κ2) is 5.24. The minimum absolute atomic E-state index is 0.216. The molecule has 1 aromatic carbocycles. The molecule has 0 amide bonds. The van der Waals surface area contributed by atoms with Crippen LogP contribution >= 0.6 is 0 Å². The predicted molar refractivity (Wildman–Crippen MR) is 77.2 cm³/mol. The van der Waals surface area contributed by atoms with Crippen LogP contribution in [-0.2, 0) is 0 Å². The average Bonchev–Trinajstić information content (AvgIpc) is 3.15. The van der Waals surface area contributed by atoms with Crippen LogP contribution in [0.1, 0.15) is 0 Å². The van der Waals surface area contributed by atoms with Crippen LogP contribution < -0.4 is 15.2 Å². The maximum Gasteiger partial charge on any atom is 0.230 e. The first-order valence-electron chi connectivity index (χ1n) is 6.26. The van der Waals surface area contributed by atoms with Crippen LogP contribution in [0, 0.1) is 0 Å². The first-order valence-corrected chi connectivity index (χ1v) is 6.26. The van der Waals surface area contributed by atoms with E-state index in [1.54, 1.807) is 38.7 Å². The van der Waals surface area contributed by atoms with E-state index in [0.29, 0.717) is 28.5 Å². The summed E-state index contributed by atoms with van der Waals surface area (Å²) in [5.74, 6) is 2.03. The summed E-state index contributed by atoms with van der Waals surface area (Å²) in [6.45, 7) is 0. The summed E-state index contributed by atoms with van der Waals surface area (Å²) in [6.07, 6.45) is 1.57. The zero-order valence-corrected chi connectivity index (χ0v) is 11.6. The number of hydrogen-bond donors (Lipinski definition) is 1. The van der Waals surface area contributed by atoms with Gasteiger partial charge in [-0.1, -0.05) is 11.2 Å². The summed E-state index contributed by atoms with van der Waals surface area (Å²) < 4.78 is 21.0. The van der Waals surface area contributed by atoms with Gasteiger partial charge in [-0.05, 0) is 29.8 Å². The van der Waals surface area contributed by atoms with Crippen LogP contribution in [0.4, 0.5) is 5.88 Å². The molecule has 21 heavy (non-hydrogen) atoms. The van der Waals surface area contributed by atoms with Gasteiger partial charge in [-0.15, -0.1) is 0 Å². The zero-order chi connectivity index (χ0) is 14.8. The van der Waals surface area contributed by atoms with Crippen molar-refractivity contribution in [1.29, 1.82) is 0 Å². The summed E-state index contributed by atoms with van der Waals surface area (Å²) in [4.78, 5) is 0. The molecule has 108 valence electrons. The molecule has 2 aromatic heterocycles. The van der Waals surface area contributed by atoms with E-state index in [2.05, 4.69) is 5.16 Å². The Kier molecular flexibility index (Phi) is 3.27. The lowest BCUT2D eigenvalue weighted by atomic mass is 10.0. The summed E-state index contributed by atoms with van der Waals surface area (Å²) in [6, 6.07) is 9.04. The molecule has 0 aliphatic carbocycles. The quantitative estimate of drug-likeness (QED) is 0.792. The number of nitrogens with two attached hydrogens (primary N) is 1. The van der Waals surface area contributed by atoms with Crippen molar-refractivity contribution in [2.24, 2.45) is 0 Å². The number of rotatable bonds is 4. The SMILES string of the molecule is COc1ccc(-c2c(-c3ccco3)noc2N)cc1OC. The fourth-order valence-electron chi connectivity index (χ4n) is 2.15. The Hall–Kier alpha value is -2.89. The van der Waals surface area contributed by atoms with E-state index >= 15 is 0 Å². The Balaban J connectivity index is 2.15. The van der Waals surface area contributed by atoms with Crippen molar-refractivity contribution in [3.63, 3.8) is 0 Å². The van der Waals surface area contributed by atoms with Crippen LogP contribution in [0.25, 0.3) is 22.6 Å². The molecule has 0 atom stereocenters. The van der Waals surface area contributed by atoms with Gasteiger partial charge >= 0.3 is 0 Å². The number of methoxy groups -OCH3 is 2. The van der Waals surface area contributed by atoms with Gasteiger partial charge in [0.15, 0.2) is 23.0 Å². The number of nitrogen functional groups attached to an aromatic ring is 1. The lowest BCUT2D eigenvalue weighted by molar-refractivity contribution is 0.355. The highest BCUT2D eigenvalue weighted by Gasteiger charge is 2.20. The molecule has 0 radical (unpaired) electrons. The van der Waals surface area contributed by atoms with Crippen LogP contribution in [0.15, 0.2) is 45.5 Å². The highest BCUT2D eigenvalue weighted by Crippen LogP contribution is 2.39. The van der Waals surface area contributed by atoms with Gasteiger partial charge in [0.1, 0.15) is 0 Å². The first-order chi connectivity index (χ1) is 10.2. The molecule has 2 N–H and O–H groups in total. The maximum atomic E-state index is 5.90. The van der Waals surface area contributed by atoms with Gasteiger partial charge in [-0.25, -0.2) is 0 Å². The Bertz CT molecular complexity index is 747. The highest BCUT2D eigenvalue weighted by atomic mass is 16.5. The minimum Gasteiger partial charge on any atom is -0.493 e. The lowest BCUT2D eigenvalue weighted by Crippen LogP contribution is -1.92. The van der Waals surface area contributed by atoms with E-state index in [1.807, 2.05) is 12.1 Å². The first kappa shape index (κ1) is 13.1. The molecule has 0 bridgehead atoms. The number of anilines is 1. The molecular weight excluding hydrogens is 272 g/mol. The van der Waals surface area contributed by atoms with Gasteiger partial charge < -0.3 is 24.1 Å². The van der Waals surface area contributed by atoms with Crippen molar-refractivity contribution >= 4 is 5.88 Å². The Morgan fingerprint density at radius 2 is 1.90 bits per heavy atom. The van der Waals surface area contributed by atoms with Crippen molar-refractivity contribution in [3.05, 3.63) is 36.6 Å². The van der Waals surface area contributed by atoms with Gasteiger partial charge in [-0.3, -0.25) is 0 Å². The monoisotopic (exact) mass is 286 g/mol. The maximum absolute atomic E-state index is 5.90. The number of ether oxygens (including phenoxy) is 2. The van der Waals surface area contributed by atoms with Crippen molar-refractivity contribution < 1.29 is 18.4 Å². The molecule has 6 heteroatoms. The van der Waals surface area contributed by atoms with Crippen LogP contribution in [0.3, 0.4) is 0 Å². The van der Waals surface area contributed by atoms with E-state index in [9.17, 15) is 0 Å². The molecule has 3 rings (SSSR count). The summed E-state index contributed by atoms with van der Waals surface area (Å²) in [5.41, 5.74) is 7.91. The number of benzene rings is 1. The van der Waals surface area contributed by atoms with Gasteiger partial charge in [0.05, 0.1) is 26.0 Å². The van der Waals surface area contributed by atoms with E-state index in [0.717, 1.165) is 5.56 Å². The third kappa shape index (κ3) is 2.20. The molecule has 6 nitrogen and oxygen atoms in total. The minimum atomic E-state index is 0.216. The molecule has 0 aliphatic rings. The molecule has 0 saturated carbocycles. The molecule has 0 aliphatic heterocycles. The fraction of sp³-hybridized carbons (Fsp3) is 0.133. The van der Waals surface area contributed by atoms with E-state index in [1.165, 1.54) is 0 Å². The standard InChI is InChI=1S/C15H14N2O4/c1-18-10-6-5-9(8-12(10)19-2)13-14(17-21-15(13)16)11-4-3-7-20-11/h3-8H,16H2,1-2H3. The molecular formula is C15H14N2O4. The van der Waals surface area contributed by atoms with Gasteiger partial charge in [0, 0.05) is 0 Å². The largest absolute Gasteiger partial charge is 0.493 e. The van der Waals surface area contributed by atoms with Crippen LogP contribution in [-0.4, -0.2) is 19.4 Å². The smallest absolute Gasteiger partial charge is 0.230 e. The predicted octanol–water partition coefficient (Wildman–Crippen LogP) is 3.20. The Morgan fingerprint density at radius 3 is 2.57 bits per heavy atom. The van der Waals surface area contributed by atoms with E-state index < -0.39 is 0 Å². The van der Waals surface area contributed by atoms with E-state index in [-0.39, 0.29) is 5.88 Å². The molecule has 2 heterocycles. The molecule has 0 saturated heterocycles. The van der Waals surface area contributed by atoms with Crippen molar-refractivity contribution in [2.75, 3.05) is 20.0 Å². The Labute approximate surface area is 121 Å². The summed E-state index contributed by atoms with van der Waals surface area (Å²) in [7, 11) is 3.16. The molecule has 0 unspecified atom stereocenters. The fourth-order valence-corrected chi connectivity index (χ4v) is 2.15. The number of furan rings is 1. The molecule has 0 spiro atoms. The van der Waals surface area contributed by atoms with Gasteiger partial charge in [0.25, 0.3) is 0 Å². The zero-order valence-electron chi connectivity index (χ0n) is 11.6. The third-order valence-electron chi connectivity index (χ3n) is 3.15. The highest BCUT2D eigenvalue weighted by molar-refractivity contribution is 5.86. The van der Waals surface area contributed by atoms with Gasteiger partial charge in [-0.2, -0.15) is 0 Å². The lowest BCUT2D eigenvalue weighted by Gasteiger charge is -2.09. The normalized spacial score (nSPS) is 10.6. The second-order valence-corrected chi connectivity index (χ2v) is 4.32. The summed E-state index contributed by atoms with van der Waals surface area (Å²) in [5, 5.41) is 3.97. The molecule has 3 aromatic rings. The average molecular weight is 286 g/mol. The number of hydrogen-bond acceptors (Lipinski definition) is 6. The van der Waals surface area contributed by atoms with Crippen molar-refractivity contribution in [2.45, 2.75) is 0 Å². The van der Waals surface area contributed by atoms with Crippen LogP contribution in [0.5, 0.6) is 11.5 Å². The van der Waals surface area contributed by atoms with Crippen LogP contribution in [0.2, 0.25) is 0 Å². The summed E-state index contributed by atoms with van der Waals surface area (Å²) >= 11 is 0. The van der Waals surface area contributed by atoms with Crippen molar-refractivity contribution in [1.82, 2.24) is 5.16 Å². The van der Waals surface area contributed by atoms with E-state index in [4.69, 9.17) is 24.1 Å². The number of aromatic nitrogens is 1. The molecule has 0 fully saturated rings. The Morgan fingerprint density at radius 1 is 1.10 bits per heavy atom. The van der Waals surface area contributed by atoms with Crippen molar-refractivity contribution in [3.8, 4) is 34.1 Å². The number of nitrogens with zero attached hydrogens (tertiary/aromatic N) is 1.